The normalized spacial score (nSPS) is 14.4. The van der Waals surface area contributed by atoms with Crippen molar-refractivity contribution in [1.82, 2.24) is 10.6 Å². The van der Waals surface area contributed by atoms with Crippen LogP contribution >= 0.6 is 0 Å². The third-order valence-corrected chi connectivity index (χ3v) is 5.90. The molecule has 2 aromatic carbocycles. The Morgan fingerprint density at radius 2 is 1.69 bits per heavy atom. The molecule has 0 unspecified atom stereocenters. The number of carbonyl (C=O) groups is 2. The van der Waals surface area contributed by atoms with Crippen molar-refractivity contribution in [2.24, 2.45) is 0 Å². The molecular weight excluding hydrogens is 404 g/mol. The number of methoxy groups -OCH3 is 1. The molecule has 0 heterocycles. The minimum atomic E-state index is -0.420. The van der Waals surface area contributed by atoms with E-state index in [4.69, 9.17) is 9.47 Å². The van der Waals surface area contributed by atoms with Crippen molar-refractivity contribution in [1.29, 1.82) is 0 Å². The zero-order chi connectivity index (χ0) is 23.4. The van der Waals surface area contributed by atoms with Gasteiger partial charge in [-0.1, -0.05) is 51.1 Å². The van der Waals surface area contributed by atoms with Crippen molar-refractivity contribution in [2.75, 3.05) is 20.3 Å². The number of rotatable bonds is 9. The van der Waals surface area contributed by atoms with Crippen molar-refractivity contribution in [3.63, 3.8) is 0 Å². The first-order valence-electron chi connectivity index (χ1n) is 11.2. The molecule has 2 amide bonds. The summed E-state index contributed by atoms with van der Waals surface area (Å²) in [6.45, 7) is 9.29. The van der Waals surface area contributed by atoms with Gasteiger partial charge in [0.15, 0.2) is 18.1 Å². The molecule has 2 N–H and O–H groups in total. The van der Waals surface area contributed by atoms with Crippen LogP contribution in [0, 0.1) is 0 Å². The van der Waals surface area contributed by atoms with E-state index in [0.717, 1.165) is 24.0 Å². The smallest absolute Gasteiger partial charge is 0.257 e. The molecular formula is C26H34N2O4. The molecule has 1 aliphatic carbocycles. The second kappa shape index (κ2) is 9.63. The minimum Gasteiger partial charge on any atom is -0.493 e. The average molecular weight is 439 g/mol. The third kappa shape index (κ3) is 5.42. The highest BCUT2D eigenvalue weighted by molar-refractivity contribution is 5.91. The maximum atomic E-state index is 13.0. The van der Waals surface area contributed by atoms with Gasteiger partial charge in [0, 0.05) is 13.1 Å². The SMILES string of the molecule is CCNC(=O)COc1ccc(CNC(=O)C2(c3ccc(C(C)(C)C)cc3)CC2)cc1OC. The van der Waals surface area contributed by atoms with Gasteiger partial charge in [-0.05, 0) is 54.0 Å². The van der Waals surface area contributed by atoms with Crippen molar-refractivity contribution in [3.05, 3.63) is 59.2 Å². The molecule has 3 rings (SSSR count). The van der Waals surface area contributed by atoms with Gasteiger partial charge in [0.05, 0.1) is 12.5 Å². The van der Waals surface area contributed by atoms with Crippen LogP contribution in [0.15, 0.2) is 42.5 Å². The zero-order valence-corrected chi connectivity index (χ0v) is 19.7. The Labute approximate surface area is 190 Å². The number of carbonyl (C=O) groups excluding carboxylic acids is 2. The summed E-state index contributed by atoms with van der Waals surface area (Å²) in [5.74, 6) is 0.888. The summed E-state index contributed by atoms with van der Waals surface area (Å²) in [4.78, 5) is 24.7. The zero-order valence-electron chi connectivity index (χ0n) is 19.7. The molecule has 6 nitrogen and oxygen atoms in total. The number of hydrogen-bond acceptors (Lipinski definition) is 4. The number of ether oxygens (including phenoxy) is 2. The number of likely N-dealkylation sites (N-methyl/N-ethyl adjacent to an activating group) is 1. The Bertz CT molecular complexity index is 957. The highest BCUT2D eigenvalue weighted by Crippen LogP contribution is 2.48. The molecule has 1 aliphatic rings. The van der Waals surface area contributed by atoms with Crippen LogP contribution < -0.4 is 20.1 Å². The summed E-state index contributed by atoms with van der Waals surface area (Å²) in [6, 6.07) is 13.9. The number of hydrogen-bond donors (Lipinski definition) is 2. The predicted molar refractivity (Wildman–Crippen MR) is 125 cm³/mol. The molecule has 1 saturated carbocycles. The molecule has 0 bridgehead atoms. The van der Waals surface area contributed by atoms with Crippen LogP contribution in [0.5, 0.6) is 11.5 Å². The maximum Gasteiger partial charge on any atom is 0.257 e. The van der Waals surface area contributed by atoms with Crippen LogP contribution in [0.1, 0.15) is 57.2 Å². The highest BCUT2D eigenvalue weighted by Gasteiger charge is 2.51. The lowest BCUT2D eigenvalue weighted by molar-refractivity contribution is -0.124. The van der Waals surface area contributed by atoms with Crippen LogP contribution in [0.4, 0.5) is 0 Å². The Morgan fingerprint density at radius 1 is 1.00 bits per heavy atom. The van der Waals surface area contributed by atoms with Gasteiger partial charge < -0.3 is 20.1 Å². The molecule has 2 aromatic rings. The first-order valence-corrected chi connectivity index (χ1v) is 11.2. The van der Waals surface area contributed by atoms with Crippen molar-refractivity contribution >= 4 is 11.8 Å². The van der Waals surface area contributed by atoms with Crippen molar-refractivity contribution < 1.29 is 19.1 Å². The standard InChI is InChI=1S/C26H34N2O4/c1-6-27-23(29)17-32-21-12-7-18(15-22(21)31-5)16-28-24(30)26(13-14-26)20-10-8-19(9-11-20)25(2,3)4/h7-12,15H,6,13-14,16-17H2,1-5H3,(H,27,29)(H,28,30). The molecule has 0 atom stereocenters. The van der Waals surface area contributed by atoms with Crippen molar-refractivity contribution in [2.45, 2.75) is 57.9 Å². The molecule has 0 aliphatic heterocycles. The topological polar surface area (TPSA) is 76.7 Å². The second-order valence-electron chi connectivity index (χ2n) is 9.32. The summed E-state index contributed by atoms with van der Waals surface area (Å²) in [7, 11) is 1.55. The lowest BCUT2D eigenvalue weighted by Crippen LogP contribution is -2.34. The summed E-state index contributed by atoms with van der Waals surface area (Å²) in [5.41, 5.74) is 2.91. The van der Waals surface area contributed by atoms with Crippen LogP contribution in [-0.4, -0.2) is 32.1 Å². The van der Waals surface area contributed by atoms with E-state index in [1.165, 1.54) is 5.56 Å². The maximum absolute atomic E-state index is 13.0. The van der Waals surface area contributed by atoms with Crippen LogP contribution in [0.3, 0.4) is 0 Å². The van der Waals surface area contributed by atoms with Crippen LogP contribution in [-0.2, 0) is 27.0 Å². The van der Waals surface area contributed by atoms with Gasteiger partial charge in [0.2, 0.25) is 5.91 Å². The second-order valence-corrected chi connectivity index (χ2v) is 9.32. The van der Waals surface area contributed by atoms with Gasteiger partial charge in [-0.3, -0.25) is 9.59 Å². The number of nitrogens with one attached hydrogen (secondary N) is 2. The fourth-order valence-corrected chi connectivity index (χ4v) is 3.75. The molecule has 1 fully saturated rings. The first-order chi connectivity index (χ1) is 15.2. The predicted octanol–water partition coefficient (Wildman–Crippen LogP) is 3.86. The number of benzene rings is 2. The molecule has 6 heteroatoms. The molecule has 0 aromatic heterocycles. The Balaban J connectivity index is 1.62. The van der Waals surface area contributed by atoms with E-state index in [1.54, 1.807) is 13.2 Å². The van der Waals surface area contributed by atoms with E-state index in [-0.39, 0.29) is 23.8 Å². The molecule has 172 valence electrons. The molecule has 0 saturated heterocycles. The summed E-state index contributed by atoms with van der Waals surface area (Å²) in [6.07, 6.45) is 1.73. The fraction of sp³-hybridized carbons (Fsp3) is 0.462. The fourth-order valence-electron chi connectivity index (χ4n) is 3.75. The van der Waals surface area contributed by atoms with E-state index >= 15 is 0 Å². The van der Waals surface area contributed by atoms with Gasteiger partial charge in [-0.25, -0.2) is 0 Å². The summed E-state index contributed by atoms with van der Waals surface area (Å²) < 4.78 is 11.0. The van der Waals surface area contributed by atoms with Gasteiger partial charge in [-0.2, -0.15) is 0 Å². The quantitative estimate of drug-likeness (QED) is 0.623. The number of amides is 2. The van der Waals surface area contributed by atoms with Gasteiger partial charge in [0.25, 0.3) is 5.91 Å². The van der Waals surface area contributed by atoms with Gasteiger partial charge >= 0.3 is 0 Å². The molecule has 0 radical (unpaired) electrons. The monoisotopic (exact) mass is 438 g/mol. The van der Waals surface area contributed by atoms with Gasteiger partial charge in [-0.15, -0.1) is 0 Å². The Hall–Kier alpha value is -3.02. The largest absolute Gasteiger partial charge is 0.493 e. The Kier molecular flexibility index (Phi) is 7.12. The minimum absolute atomic E-state index is 0.0524. The van der Waals surface area contributed by atoms with E-state index in [9.17, 15) is 9.59 Å². The first kappa shape index (κ1) is 23.6. The van der Waals surface area contributed by atoms with Crippen LogP contribution in [0.25, 0.3) is 0 Å². The molecule has 0 spiro atoms. The third-order valence-electron chi connectivity index (χ3n) is 5.90. The van der Waals surface area contributed by atoms with Crippen LogP contribution in [0.2, 0.25) is 0 Å². The summed E-state index contributed by atoms with van der Waals surface area (Å²) >= 11 is 0. The molecule has 32 heavy (non-hydrogen) atoms. The lowest BCUT2D eigenvalue weighted by atomic mass is 9.85. The van der Waals surface area contributed by atoms with E-state index in [2.05, 4.69) is 55.7 Å². The highest BCUT2D eigenvalue weighted by atomic mass is 16.5. The summed E-state index contributed by atoms with van der Waals surface area (Å²) in [5, 5.41) is 5.77. The van der Waals surface area contributed by atoms with E-state index in [1.807, 2.05) is 19.1 Å². The van der Waals surface area contributed by atoms with Gasteiger partial charge in [0.1, 0.15) is 0 Å². The lowest BCUT2D eigenvalue weighted by Gasteiger charge is -2.21. The Morgan fingerprint density at radius 3 is 2.25 bits per heavy atom. The van der Waals surface area contributed by atoms with E-state index in [0.29, 0.717) is 24.6 Å². The van der Waals surface area contributed by atoms with Crippen molar-refractivity contribution in [3.8, 4) is 11.5 Å². The average Bonchev–Trinajstić information content (AvgIpc) is 3.58. The van der Waals surface area contributed by atoms with E-state index < -0.39 is 5.41 Å².